The van der Waals surface area contributed by atoms with Crippen LogP contribution in [0.3, 0.4) is 0 Å². The smallest absolute Gasteiger partial charge is 0.242 e. The maximum Gasteiger partial charge on any atom is 0.242 e. The fourth-order valence-corrected chi connectivity index (χ4v) is 5.71. The Kier molecular flexibility index (Phi) is 6.71. The molecule has 0 unspecified atom stereocenters. The summed E-state index contributed by atoms with van der Waals surface area (Å²) in [6, 6.07) is 7.62. The molecule has 2 heterocycles. The molecule has 10 heteroatoms. The molecular weight excluding hydrogens is 470 g/mol. The lowest BCUT2D eigenvalue weighted by Gasteiger charge is -2.18. The number of nitrogens with zero attached hydrogens (tertiary/aromatic N) is 3. The van der Waals surface area contributed by atoms with Crippen LogP contribution >= 0.6 is 11.6 Å². The van der Waals surface area contributed by atoms with E-state index in [0.29, 0.717) is 22.0 Å². The predicted molar refractivity (Wildman–Crippen MR) is 123 cm³/mol. The Labute approximate surface area is 196 Å². The van der Waals surface area contributed by atoms with Gasteiger partial charge in [-0.3, -0.25) is 4.98 Å². The van der Waals surface area contributed by atoms with E-state index in [1.54, 1.807) is 0 Å². The van der Waals surface area contributed by atoms with E-state index in [1.165, 1.54) is 12.1 Å². The Morgan fingerprint density at radius 3 is 2.55 bits per heavy atom. The molecule has 1 aliphatic rings. The molecule has 33 heavy (non-hydrogen) atoms. The van der Waals surface area contributed by atoms with Crippen molar-refractivity contribution in [2.24, 2.45) is 0 Å². The van der Waals surface area contributed by atoms with E-state index in [1.807, 2.05) is 23.8 Å². The van der Waals surface area contributed by atoms with Crippen molar-refractivity contribution in [2.75, 3.05) is 13.3 Å². The fraction of sp³-hybridized carbons (Fsp3) is 0.391. The third-order valence-corrected chi connectivity index (χ3v) is 7.98. The topological polar surface area (TPSA) is 87.8 Å². The largest absolute Gasteiger partial charge is 0.335 e. The molecule has 0 aliphatic heterocycles. The minimum Gasteiger partial charge on any atom is -0.335 e. The Balaban J connectivity index is 1.86. The SMILES string of the molecule is Cc1cc2c(C#N)c(-c3ccc(S(=O)(=O)NC(CF)CF)cn3)n(C3CCCC3)c2cc1Cl. The van der Waals surface area contributed by atoms with Gasteiger partial charge in [-0.25, -0.2) is 21.9 Å². The first-order valence-electron chi connectivity index (χ1n) is 10.7. The molecule has 1 fully saturated rings. The van der Waals surface area contributed by atoms with Crippen molar-refractivity contribution in [3.05, 3.63) is 46.6 Å². The summed E-state index contributed by atoms with van der Waals surface area (Å²) in [5.41, 5.74) is 3.20. The van der Waals surface area contributed by atoms with Crippen molar-refractivity contribution in [1.29, 1.82) is 5.26 Å². The number of nitriles is 1. The molecule has 0 amide bonds. The maximum absolute atomic E-state index is 12.8. The van der Waals surface area contributed by atoms with Gasteiger partial charge in [-0.15, -0.1) is 0 Å². The van der Waals surface area contributed by atoms with Crippen molar-refractivity contribution in [3.8, 4) is 17.5 Å². The summed E-state index contributed by atoms with van der Waals surface area (Å²) in [5.74, 6) is 0. The second-order valence-corrected chi connectivity index (χ2v) is 10.4. The van der Waals surface area contributed by atoms with Gasteiger partial charge in [-0.05, 0) is 49.6 Å². The van der Waals surface area contributed by atoms with Gasteiger partial charge < -0.3 is 4.57 Å². The average molecular weight is 493 g/mol. The van der Waals surface area contributed by atoms with Crippen molar-refractivity contribution in [1.82, 2.24) is 14.3 Å². The lowest BCUT2D eigenvalue weighted by Crippen LogP contribution is -2.37. The molecule has 2 aromatic heterocycles. The van der Waals surface area contributed by atoms with Gasteiger partial charge in [0, 0.05) is 22.6 Å². The predicted octanol–water partition coefficient (Wildman–Crippen LogP) is 5.24. The zero-order chi connectivity index (χ0) is 23.8. The van der Waals surface area contributed by atoms with Gasteiger partial charge in [0.2, 0.25) is 10.0 Å². The van der Waals surface area contributed by atoms with Crippen LogP contribution in [-0.2, 0) is 10.0 Å². The molecule has 1 saturated carbocycles. The molecule has 1 N–H and O–H groups in total. The highest BCUT2D eigenvalue weighted by Gasteiger charge is 2.28. The minimum atomic E-state index is -4.14. The van der Waals surface area contributed by atoms with Gasteiger partial charge in [0.25, 0.3) is 0 Å². The summed E-state index contributed by atoms with van der Waals surface area (Å²) < 4.78 is 54.6. The summed E-state index contributed by atoms with van der Waals surface area (Å²) in [6.07, 6.45) is 5.20. The van der Waals surface area contributed by atoms with Gasteiger partial charge >= 0.3 is 0 Å². The van der Waals surface area contributed by atoms with Gasteiger partial charge in [0.1, 0.15) is 24.3 Å². The number of aryl methyl sites for hydroxylation is 1. The Hall–Kier alpha value is -2.54. The highest BCUT2D eigenvalue weighted by molar-refractivity contribution is 7.89. The number of sulfonamides is 1. The van der Waals surface area contributed by atoms with Gasteiger partial charge in [-0.1, -0.05) is 24.4 Å². The number of benzene rings is 1. The zero-order valence-corrected chi connectivity index (χ0v) is 19.6. The van der Waals surface area contributed by atoms with Crippen molar-refractivity contribution in [2.45, 2.75) is 49.6 Å². The molecule has 0 spiro atoms. The second-order valence-electron chi connectivity index (χ2n) is 8.27. The Morgan fingerprint density at radius 2 is 1.97 bits per heavy atom. The number of halogens is 3. The van der Waals surface area contributed by atoms with Crippen LogP contribution in [-0.4, -0.2) is 37.4 Å². The summed E-state index contributed by atoms with van der Waals surface area (Å²) in [4.78, 5) is 4.13. The summed E-state index contributed by atoms with van der Waals surface area (Å²) in [6.45, 7) is -0.436. The molecule has 0 saturated heterocycles. The summed E-state index contributed by atoms with van der Waals surface area (Å²) in [7, 11) is -4.14. The number of alkyl halides is 2. The zero-order valence-electron chi connectivity index (χ0n) is 18.0. The Bertz CT molecular complexity index is 1320. The number of nitrogens with one attached hydrogen (secondary N) is 1. The van der Waals surface area contributed by atoms with E-state index in [0.717, 1.165) is 48.3 Å². The monoisotopic (exact) mass is 492 g/mol. The highest BCUT2D eigenvalue weighted by Crippen LogP contribution is 2.42. The van der Waals surface area contributed by atoms with Crippen LogP contribution < -0.4 is 4.72 Å². The second kappa shape index (κ2) is 9.37. The first-order chi connectivity index (χ1) is 15.8. The van der Waals surface area contributed by atoms with E-state index in [2.05, 4.69) is 15.6 Å². The van der Waals surface area contributed by atoms with Crippen molar-refractivity contribution in [3.63, 3.8) is 0 Å². The molecule has 1 aromatic carbocycles. The highest BCUT2D eigenvalue weighted by atomic mass is 35.5. The average Bonchev–Trinajstić information content (AvgIpc) is 3.44. The van der Waals surface area contributed by atoms with E-state index in [9.17, 15) is 22.5 Å². The number of aromatic nitrogens is 2. The van der Waals surface area contributed by atoms with Crippen LogP contribution in [0.2, 0.25) is 5.02 Å². The van der Waals surface area contributed by atoms with Crippen molar-refractivity contribution >= 4 is 32.5 Å². The van der Waals surface area contributed by atoms with E-state index < -0.39 is 29.4 Å². The molecule has 4 rings (SSSR count). The van der Waals surface area contributed by atoms with Gasteiger partial charge in [0.05, 0.1) is 28.5 Å². The minimum absolute atomic E-state index is 0.171. The van der Waals surface area contributed by atoms with Crippen LogP contribution in [0.1, 0.15) is 42.9 Å². The number of rotatable bonds is 7. The van der Waals surface area contributed by atoms with Crippen LogP contribution in [0.5, 0.6) is 0 Å². The van der Waals surface area contributed by atoms with Crippen molar-refractivity contribution < 1.29 is 17.2 Å². The van der Waals surface area contributed by atoms with E-state index in [-0.39, 0.29) is 10.9 Å². The third kappa shape index (κ3) is 4.35. The fourth-order valence-electron chi connectivity index (χ4n) is 4.42. The number of pyridine rings is 1. The van der Waals surface area contributed by atoms with Gasteiger partial charge in [-0.2, -0.15) is 5.26 Å². The third-order valence-electron chi connectivity index (χ3n) is 6.07. The first kappa shape index (κ1) is 23.6. The van der Waals surface area contributed by atoms with Crippen LogP contribution in [0, 0.1) is 18.3 Å². The number of fused-ring (bicyclic) bond motifs is 1. The standard InChI is InChI=1S/C23H23ClF2N4O2S/c1-14-8-18-19(12-27)23(30(16-4-2-3-5-16)22(18)9-20(14)24)21-7-6-17(13-28-21)33(31,32)29-15(10-25)11-26/h6-9,13,15-16,29H,2-5,10-11H2,1H3. The normalized spacial score (nSPS) is 14.9. The molecule has 3 aromatic rings. The van der Waals surface area contributed by atoms with E-state index >= 15 is 0 Å². The lowest BCUT2D eigenvalue weighted by atomic mass is 10.1. The molecule has 0 atom stereocenters. The molecule has 174 valence electrons. The molecule has 1 aliphatic carbocycles. The van der Waals surface area contributed by atoms with E-state index in [4.69, 9.17) is 11.6 Å². The molecule has 0 radical (unpaired) electrons. The van der Waals surface area contributed by atoms with Crippen LogP contribution in [0.4, 0.5) is 8.78 Å². The molecule has 6 nitrogen and oxygen atoms in total. The summed E-state index contributed by atoms with van der Waals surface area (Å²) >= 11 is 6.41. The molecule has 0 bridgehead atoms. The number of hydrogen-bond donors (Lipinski definition) is 1. The summed E-state index contributed by atoms with van der Waals surface area (Å²) in [5, 5.41) is 11.4. The maximum atomic E-state index is 12.8. The first-order valence-corrected chi connectivity index (χ1v) is 12.5. The quantitative estimate of drug-likeness (QED) is 0.488. The van der Waals surface area contributed by atoms with Gasteiger partial charge in [0.15, 0.2) is 0 Å². The van der Waals surface area contributed by atoms with Crippen LogP contribution in [0.25, 0.3) is 22.3 Å². The van der Waals surface area contributed by atoms with Crippen LogP contribution in [0.15, 0.2) is 35.4 Å². The Morgan fingerprint density at radius 1 is 1.27 bits per heavy atom. The number of hydrogen-bond acceptors (Lipinski definition) is 4. The lowest BCUT2D eigenvalue weighted by molar-refractivity contribution is 0.334. The molecular formula is C23H23ClF2N4O2S.